The van der Waals surface area contributed by atoms with E-state index in [4.69, 9.17) is 14.2 Å². The van der Waals surface area contributed by atoms with E-state index >= 15 is 0 Å². The molecule has 0 aromatic heterocycles. The van der Waals surface area contributed by atoms with Gasteiger partial charge in [0.25, 0.3) is 0 Å². The summed E-state index contributed by atoms with van der Waals surface area (Å²) in [5.41, 5.74) is 0. The highest BCUT2D eigenvalue weighted by molar-refractivity contribution is 5.71. The van der Waals surface area contributed by atoms with Gasteiger partial charge in [0.05, 0.1) is 0 Å². The monoisotopic (exact) mass is 943 g/mol. The number of allylic oxidation sites excluding steroid dienone is 4. The first-order valence-electron chi connectivity index (χ1n) is 29.8. The van der Waals surface area contributed by atoms with Crippen LogP contribution in [0.5, 0.6) is 0 Å². The predicted octanol–water partition coefficient (Wildman–Crippen LogP) is 19.9. The van der Waals surface area contributed by atoms with Crippen LogP contribution in [-0.4, -0.2) is 37.2 Å². The van der Waals surface area contributed by atoms with Crippen molar-refractivity contribution >= 4 is 17.9 Å². The molecule has 0 heterocycles. The fourth-order valence-electron chi connectivity index (χ4n) is 8.91. The Morgan fingerprint density at radius 1 is 0.284 bits per heavy atom. The number of carbonyl (C=O) groups is 3. The van der Waals surface area contributed by atoms with E-state index in [2.05, 4.69) is 45.1 Å². The van der Waals surface area contributed by atoms with E-state index in [0.29, 0.717) is 19.3 Å². The molecule has 0 amide bonds. The molecule has 0 aliphatic carbocycles. The number of rotatable bonds is 55. The van der Waals surface area contributed by atoms with Crippen molar-refractivity contribution in [3.05, 3.63) is 24.3 Å². The summed E-state index contributed by atoms with van der Waals surface area (Å²) in [7, 11) is 0. The lowest BCUT2D eigenvalue weighted by Crippen LogP contribution is -2.30. The topological polar surface area (TPSA) is 78.9 Å². The quantitative estimate of drug-likeness (QED) is 0.0262. The minimum Gasteiger partial charge on any atom is -0.462 e. The molecule has 0 fully saturated rings. The summed E-state index contributed by atoms with van der Waals surface area (Å²) < 4.78 is 16.9. The van der Waals surface area contributed by atoms with Crippen LogP contribution < -0.4 is 0 Å². The van der Waals surface area contributed by atoms with E-state index in [-0.39, 0.29) is 31.1 Å². The maximum Gasteiger partial charge on any atom is 0.306 e. The minimum absolute atomic E-state index is 0.0717. The lowest BCUT2D eigenvalue weighted by molar-refractivity contribution is -0.167. The zero-order chi connectivity index (χ0) is 48.6. The third-order valence-electron chi connectivity index (χ3n) is 13.4. The molecule has 0 radical (unpaired) electrons. The highest BCUT2D eigenvalue weighted by atomic mass is 16.6. The Hall–Kier alpha value is -2.11. The summed E-state index contributed by atoms with van der Waals surface area (Å²) in [6, 6.07) is 0. The lowest BCUT2D eigenvalue weighted by atomic mass is 10.0. The number of esters is 3. The molecule has 6 heteroatoms. The highest BCUT2D eigenvalue weighted by Gasteiger charge is 2.19. The predicted molar refractivity (Wildman–Crippen MR) is 289 cm³/mol. The Kier molecular flexibility index (Phi) is 54.7. The summed E-state index contributed by atoms with van der Waals surface area (Å²) in [4.78, 5) is 38.2. The second-order valence-electron chi connectivity index (χ2n) is 20.3. The van der Waals surface area contributed by atoms with Gasteiger partial charge in [0.1, 0.15) is 13.2 Å². The zero-order valence-corrected chi connectivity index (χ0v) is 45.2. The molecule has 0 aliphatic rings. The van der Waals surface area contributed by atoms with Gasteiger partial charge >= 0.3 is 17.9 Å². The number of hydrogen-bond donors (Lipinski definition) is 0. The van der Waals surface area contributed by atoms with Crippen LogP contribution in [0.25, 0.3) is 0 Å². The van der Waals surface area contributed by atoms with Crippen molar-refractivity contribution in [3.8, 4) is 0 Å². The van der Waals surface area contributed by atoms with E-state index in [9.17, 15) is 14.4 Å². The number of ether oxygens (including phenoxy) is 3. The fraction of sp³-hybridized carbons (Fsp3) is 0.885. The Morgan fingerprint density at radius 2 is 0.493 bits per heavy atom. The minimum atomic E-state index is -0.772. The first-order chi connectivity index (χ1) is 33.0. The lowest BCUT2D eigenvalue weighted by Gasteiger charge is -2.18. The van der Waals surface area contributed by atoms with Gasteiger partial charge in [-0.2, -0.15) is 0 Å². The van der Waals surface area contributed by atoms with E-state index in [1.807, 2.05) is 0 Å². The average Bonchev–Trinajstić information content (AvgIpc) is 3.33. The van der Waals surface area contributed by atoms with E-state index in [1.165, 1.54) is 225 Å². The van der Waals surface area contributed by atoms with E-state index < -0.39 is 6.10 Å². The van der Waals surface area contributed by atoms with Gasteiger partial charge in [-0.05, 0) is 70.6 Å². The van der Waals surface area contributed by atoms with Crippen LogP contribution in [-0.2, 0) is 28.6 Å². The number of unbranched alkanes of at least 4 members (excludes halogenated alkanes) is 40. The average molecular weight is 944 g/mol. The molecule has 394 valence electrons. The first kappa shape index (κ1) is 64.9. The summed E-state index contributed by atoms with van der Waals surface area (Å²) >= 11 is 0. The van der Waals surface area contributed by atoms with Crippen LogP contribution in [0.1, 0.15) is 329 Å². The maximum atomic E-state index is 12.9. The molecular formula is C61H114O6. The Bertz CT molecular complexity index is 1080. The summed E-state index contributed by atoms with van der Waals surface area (Å²) in [5, 5.41) is 0. The zero-order valence-electron chi connectivity index (χ0n) is 45.2. The van der Waals surface area contributed by atoms with Crippen molar-refractivity contribution in [1.29, 1.82) is 0 Å². The molecule has 0 saturated heterocycles. The van der Waals surface area contributed by atoms with Crippen LogP contribution in [0.4, 0.5) is 0 Å². The van der Waals surface area contributed by atoms with Gasteiger partial charge < -0.3 is 14.2 Å². The van der Waals surface area contributed by atoms with Crippen molar-refractivity contribution < 1.29 is 28.6 Å². The van der Waals surface area contributed by atoms with Crippen molar-refractivity contribution in [2.75, 3.05) is 13.2 Å². The molecule has 1 atom stereocenters. The molecule has 0 aromatic rings. The van der Waals surface area contributed by atoms with Crippen LogP contribution in [0.2, 0.25) is 0 Å². The van der Waals surface area contributed by atoms with Crippen LogP contribution in [0, 0.1) is 0 Å². The third-order valence-corrected chi connectivity index (χ3v) is 13.4. The van der Waals surface area contributed by atoms with Crippen molar-refractivity contribution in [1.82, 2.24) is 0 Å². The van der Waals surface area contributed by atoms with Crippen LogP contribution in [0.3, 0.4) is 0 Å². The van der Waals surface area contributed by atoms with E-state index in [1.54, 1.807) is 0 Å². The molecule has 0 rings (SSSR count). The van der Waals surface area contributed by atoms with Gasteiger partial charge in [-0.1, -0.05) is 263 Å². The molecule has 0 spiro atoms. The largest absolute Gasteiger partial charge is 0.462 e. The van der Waals surface area contributed by atoms with Crippen molar-refractivity contribution in [3.63, 3.8) is 0 Å². The Labute approximate surface area is 417 Å². The normalized spacial score (nSPS) is 12.1. The van der Waals surface area contributed by atoms with Crippen LogP contribution >= 0.6 is 0 Å². The number of carbonyl (C=O) groups excluding carboxylic acids is 3. The van der Waals surface area contributed by atoms with Gasteiger partial charge in [-0.15, -0.1) is 0 Å². The molecule has 0 bridgehead atoms. The van der Waals surface area contributed by atoms with E-state index in [0.717, 1.165) is 64.2 Å². The molecule has 67 heavy (non-hydrogen) atoms. The van der Waals surface area contributed by atoms with Gasteiger partial charge in [0, 0.05) is 19.3 Å². The molecule has 0 N–H and O–H groups in total. The molecule has 0 aliphatic heterocycles. The SMILES string of the molecule is CCCCCCC/C=C\CCCCCCCC(=O)OC[C@H](COC(=O)CCCCCCCCC/C=C\CCCCCCCCCC)OC(=O)CCCCCCCCCCCCCCCCCC. The van der Waals surface area contributed by atoms with Gasteiger partial charge in [-0.3, -0.25) is 14.4 Å². The summed E-state index contributed by atoms with van der Waals surface area (Å²) in [6.45, 7) is 6.67. The smallest absolute Gasteiger partial charge is 0.306 e. The summed E-state index contributed by atoms with van der Waals surface area (Å²) in [6.07, 6.45) is 66.0. The highest BCUT2D eigenvalue weighted by Crippen LogP contribution is 2.17. The van der Waals surface area contributed by atoms with Gasteiger partial charge in [-0.25, -0.2) is 0 Å². The molecule has 0 saturated carbocycles. The number of hydrogen-bond acceptors (Lipinski definition) is 6. The Morgan fingerprint density at radius 3 is 0.746 bits per heavy atom. The first-order valence-corrected chi connectivity index (χ1v) is 29.8. The third kappa shape index (κ3) is 54.7. The van der Waals surface area contributed by atoms with Crippen LogP contribution in [0.15, 0.2) is 24.3 Å². The van der Waals surface area contributed by atoms with Crippen molar-refractivity contribution in [2.24, 2.45) is 0 Å². The molecule has 6 nitrogen and oxygen atoms in total. The molecular weight excluding hydrogens is 829 g/mol. The second-order valence-corrected chi connectivity index (χ2v) is 20.3. The fourth-order valence-corrected chi connectivity index (χ4v) is 8.91. The van der Waals surface area contributed by atoms with Gasteiger partial charge in [0.2, 0.25) is 0 Å². The molecule has 0 aromatic carbocycles. The maximum absolute atomic E-state index is 12.9. The second kappa shape index (κ2) is 56.5. The Balaban J connectivity index is 4.33. The van der Waals surface area contributed by atoms with Gasteiger partial charge in [0.15, 0.2) is 6.10 Å². The summed E-state index contributed by atoms with van der Waals surface area (Å²) in [5.74, 6) is -0.862. The molecule has 0 unspecified atom stereocenters. The standard InChI is InChI=1S/C61H114O6/c1-4-7-10-13-16-19-22-25-28-30-31-32-34-36-39-42-45-48-51-54-60(63)66-57-58(56-65-59(62)53-50-47-44-41-38-35-27-24-21-18-15-12-9-6-3)67-61(64)55-52-49-46-43-40-37-33-29-26-23-20-17-14-11-8-5-2/h24,27,30-31,58H,4-23,25-26,28-29,32-57H2,1-3H3/b27-24-,31-30-/t58-/m1/s1. The van der Waals surface area contributed by atoms with Crippen molar-refractivity contribution in [2.45, 2.75) is 335 Å².